The third-order valence-electron chi connectivity index (χ3n) is 6.77. The van der Waals surface area contributed by atoms with Gasteiger partial charge in [-0.3, -0.25) is 13.9 Å². The van der Waals surface area contributed by atoms with Crippen LogP contribution in [-0.2, 0) is 32.6 Å². The van der Waals surface area contributed by atoms with Crippen molar-refractivity contribution in [3.8, 4) is 0 Å². The van der Waals surface area contributed by atoms with Crippen LogP contribution in [0.4, 0.5) is 5.69 Å². The number of hydrogen-bond acceptors (Lipinski definition) is 4. The molecule has 2 amide bonds. The highest BCUT2D eigenvalue weighted by Gasteiger charge is 2.35. The maximum Gasteiger partial charge on any atom is 0.264 e. The van der Waals surface area contributed by atoms with E-state index in [0.29, 0.717) is 34.1 Å². The number of aryl methyl sites for hydroxylation is 2. The number of amides is 2. The Kier molecular flexibility index (Phi) is 11.1. The number of rotatable bonds is 11. The lowest BCUT2D eigenvalue weighted by atomic mass is 10.1. The van der Waals surface area contributed by atoms with Crippen LogP contribution in [0, 0.1) is 6.92 Å². The zero-order valence-electron chi connectivity index (χ0n) is 24.9. The van der Waals surface area contributed by atoms with Crippen molar-refractivity contribution in [1.29, 1.82) is 0 Å². The average Bonchev–Trinajstić information content (AvgIpc) is 2.91. The van der Waals surface area contributed by atoms with Gasteiger partial charge in [0.2, 0.25) is 11.8 Å². The van der Waals surface area contributed by atoms with Crippen molar-refractivity contribution in [3.63, 3.8) is 0 Å². The Morgan fingerprint density at radius 2 is 1.57 bits per heavy atom. The summed E-state index contributed by atoms with van der Waals surface area (Å²) < 4.78 is 29.4. The van der Waals surface area contributed by atoms with Gasteiger partial charge in [0.15, 0.2) is 0 Å². The van der Waals surface area contributed by atoms with E-state index in [9.17, 15) is 18.0 Å². The third kappa shape index (κ3) is 8.27. The molecule has 42 heavy (non-hydrogen) atoms. The molecule has 1 atom stereocenters. The number of carbonyl (C=O) groups is 2. The summed E-state index contributed by atoms with van der Waals surface area (Å²) in [7, 11) is -4.16. The maximum absolute atomic E-state index is 14.3. The van der Waals surface area contributed by atoms with Crippen LogP contribution in [0.2, 0.25) is 10.0 Å². The Morgan fingerprint density at radius 1 is 0.929 bits per heavy atom. The normalized spacial score (nSPS) is 12.5. The van der Waals surface area contributed by atoms with E-state index in [-0.39, 0.29) is 17.3 Å². The smallest absolute Gasteiger partial charge is 0.264 e. The van der Waals surface area contributed by atoms with Crippen molar-refractivity contribution in [2.24, 2.45) is 0 Å². The van der Waals surface area contributed by atoms with Crippen LogP contribution < -0.4 is 9.62 Å². The Hall–Kier alpha value is -3.07. The van der Waals surface area contributed by atoms with Gasteiger partial charge in [-0.05, 0) is 82.0 Å². The molecule has 0 heterocycles. The number of para-hydroxylation sites is 1. The van der Waals surface area contributed by atoms with Gasteiger partial charge in [0.1, 0.15) is 12.6 Å². The first-order valence-electron chi connectivity index (χ1n) is 13.9. The minimum absolute atomic E-state index is 0.0151. The number of nitrogens with one attached hydrogen (secondary N) is 1. The fraction of sp³-hybridized carbons (Fsp3) is 0.375. The van der Waals surface area contributed by atoms with Crippen LogP contribution in [0.1, 0.15) is 57.7 Å². The molecular weight excluding hydrogens is 593 g/mol. The largest absolute Gasteiger partial charge is 0.350 e. The molecule has 226 valence electrons. The second kappa shape index (κ2) is 13.9. The van der Waals surface area contributed by atoms with E-state index in [0.717, 1.165) is 15.4 Å². The molecule has 0 spiro atoms. The van der Waals surface area contributed by atoms with Crippen molar-refractivity contribution < 1.29 is 18.0 Å². The van der Waals surface area contributed by atoms with Gasteiger partial charge in [0, 0.05) is 22.1 Å². The first-order valence-corrected chi connectivity index (χ1v) is 16.1. The van der Waals surface area contributed by atoms with Gasteiger partial charge in [0.25, 0.3) is 10.0 Å². The van der Waals surface area contributed by atoms with Gasteiger partial charge >= 0.3 is 0 Å². The monoisotopic (exact) mass is 631 g/mol. The molecule has 0 aliphatic rings. The van der Waals surface area contributed by atoms with E-state index in [2.05, 4.69) is 5.32 Å². The predicted molar refractivity (Wildman–Crippen MR) is 171 cm³/mol. The molecule has 3 aromatic rings. The van der Waals surface area contributed by atoms with E-state index in [4.69, 9.17) is 23.2 Å². The Balaban J connectivity index is 2.13. The second-order valence-corrected chi connectivity index (χ2v) is 13.9. The zero-order chi connectivity index (χ0) is 31.2. The molecule has 10 heteroatoms. The molecular formula is C32H39Cl2N3O4S. The lowest BCUT2D eigenvalue weighted by molar-refractivity contribution is -0.141. The summed E-state index contributed by atoms with van der Waals surface area (Å²) in [6.07, 6.45) is 0.856. The zero-order valence-corrected chi connectivity index (χ0v) is 27.3. The molecule has 0 aliphatic carbocycles. The summed E-state index contributed by atoms with van der Waals surface area (Å²) in [5.74, 6) is -0.885. The fourth-order valence-electron chi connectivity index (χ4n) is 4.61. The second-order valence-electron chi connectivity index (χ2n) is 11.2. The lowest BCUT2D eigenvalue weighted by Crippen LogP contribution is -2.55. The molecule has 0 aliphatic heterocycles. The highest BCUT2D eigenvalue weighted by Crippen LogP contribution is 2.29. The maximum atomic E-state index is 14.3. The predicted octanol–water partition coefficient (Wildman–Crippen LogP) is 6.78. The average molecular weight is 633 g/mol. The van der Waals surface area contributed by atoms with Crippen LogP contribution >= 0.6 is 23.2 Å². The quantitative estimate of drug-likeness (QED) is 0.253. The van der Waals surface area contributed by atoms with Gasteiger partial charge in [0.05, 0.1) is 10.6 Å². The molecule has 7 nitrogen and oxygen atoms in total. The number of hydrogen-bond donors (Lipinski definition) is 1. The number of halogens is 2. The first-order chi connectivity index (χ1) is 19.7. The fourth-order valence-corrected chi connectivity index (χ4v) is 6.53. The van der Waals surface area contributed by atoms with Crippen molar-refractivity contribution >= 4 is 50.7 Å². The van der Waals surface area contributed by atoms with Crippen LogP contribution in [0.3, 0.4) is 0 Å². The molecule has 3 aromatic carbocycles. The summed E-state index contributed by atoms with van der Waals surface area (Å²) in [6, 6.07) is 17.7. The van der Waals surface area contributed by atoms with Crippen LogP contribution in [0.5, 0.6) is 0 Å². The van der Waals surface area contributed by atoms with Gasteiger partial charge < -0.3 is 10.2 Å². The van der Waals surface area contributed by atoms with Crippen LogP contribution in [0.15, 0.2) is 71.6 Å². The molecule has 3 rings (SSSR count). The van der Waals surface area contributed by atoms with Gasteiger partial charge in [-0.25, -0.2) is 8.42 Å². The Labute approximate surface area is 259 Å². The van der Waals surface area contributed by atoms with Crippen LogP contribution in [-0.4, -0.2) is 43.3 Å². The summed E-state index contributed by atoms with van der Waals surface area (Å²) >= 11 is 12.6. The SMILES string of the molecule is CCc1ccccc1N(CC(=O)N(Cc1ccc(Cl)cc1Cl)C(CC)C(=O)NC(C)(C)C)S(=O)(=O)c1ccc(C)cc1. The Morgan fingerprint density at radius 3 is 2.14 bits per heavy atom. The molecule has 0 fully saturated rings. The molecule has 0 radical (unpaired) electrons. The molecule has 0 aromatic heterocycles. The van der Waals surface area contributed by atoms with E-state index < -0.39 is 34.1 Å². The molecule has 1 unspecified atom stereocenters. The van der Waals surface area contributed by atoms with E-state index in [1.54, 1.807) is 42.5 Å². The molecule has 0 saturated carbocycles. The summed E-state index contributed by atoms with van der Waals surface area (Å²) in [6.45, 7) is 10.7. The minimum Gasteiger partial charge on any atom is -0.350 e. The van der Waals surface area contributed by atoms with Crippen LogP contribution in [0.25, 0.3) is 0 Å². The number of anilines is 1. The molecule has 0 saturated heterocycles. The van der Waals surface area contributed by atoms with Crippen molar-refractivity contribution in [2.75, 3.05) is 10.8 Å². The first kappa shape index (κ1) is 33.4. The standard InChI is InChI=1S/C32H39Cl2N3O4S/c1-7-23-11-9-10-12-29(23)37(42(40,41)26-17-13-22(3)14-18-26)21-30(38)36(20-24-15-16-25(33)19-27(24)34)28(8-2)31(39)35-32(4,5)6/h9-19,28H,7-8,20-21H2,1-6H3,(H,35,39). The molecule has 0 bridgehead atoms. The van der Waals surface area contributed by atoms with Gasteiger partial charge in [-0.2, -0.15) is 0 Å². The minimum atomic E-state index is -4.16. The highest BCUT2D eigenvalue weighted by atomic mass is 35.5. The van der Waals surface area contributed by atoms with E-state index in [1.165, 1.54) is 17.0 Å². The molecule has 1 N–H and O–H groups in total. The van der Waals surface area contributed by atoms with E-state index in [1.807, 2.05) is 53.7 Å². The summed E-state index contributed by atoms with van der Waals surface area (Å²) in [5, 5.41) is 3.74. The third-order valence-corrected chi connectivity index (χ3v) is 9.13. The van der Waals surface area contributed by atoms with Gasteiger partial charge in [-0.15, -0.1) is 0 Å². The van der Waals surface area contributed by atoms with Gasteiger partial charge in [-0.1, -0.05) is 79.0 Å². The number of benzene rings is 3. The van der Waals surface area contributed by atoms with Crippen molar-refractivity contribution in [2.45, 2.75) is 77.4 Å². The van der Waals surface area contributed by atoms with Crippen molar-refractivity contribution in [1.82, 2.24) is 10.2 Å². The highest BCUT2D eigenvalue weighted by molar-refractivity contribution is 7.92. The number of carbonyl (C=O) groups excluding carboxylic acids is 2. The summed E-state index contributed by atoms with van der Waals surface area (Å²) in [4.78, 5) is 29.2. The summed E-state index contributed by atoms with van der Waals surface area (Å²) in [5.41, 5.74) is 2.12. The van der Waals surface area contributed by atoms with Crippen molar-refractivity contribution in [3.05, 3.63) is 93.5 Å². The Bertz CT molecular complexity index is 1520. The lowest BCUT2D eigenvalue weighted by Gasteiger charge is -2.35. The number of nitrogens with zero attached hydrogens (tertiary/aromatic N) is 2. The topological polar surface area (TPSA) is 86.8 Å². The number of sulfonamides is 1. The van der Waals surface area contributed by atoms with E-state index >= 15 is 0 Å².